The summed E-state index contributed by atoms with van der Waals surface area (Å²) in [5.41, 5.74) is 2.39. The number of hydrogen-bond acceptors (Lipinski definition) is 6. The number of aromatic nitrogens is 3. The Morgan fingerprint density at radius 1 is 1.05 bits per heavy atom. The number of ether oxygens (including phenoxy) is 2. The molecule has 1 unspecified atom stereocenters. The largest absolute Gasteiger partial charge is 0.484 e. The Kier molecular flexibility index (Phi) is 6.85. The number of esters is 1. The van der Waals surface area contributed by atoms with Crippen LogP contribution in [-0.4, -0.2) is 27.6 Å². The molecule has 0 aliphatic rings. The average Bonchev–Trinajstić information content (AvgIpc) is 3.51. The molecule has 0 bridgehead atoms. The van der Waals surface area contributed by atoms with Gasteiger partial charge in [0.15, 0.2) is 4.88 Å². The van der Waals surface area contributed by atoms with Crippen molar-refractivity contribution in [3.05, 3.63) is 94.3 Å². The zero-order chi connectivity index (χ0) is 27.0. The van der Waals surface area contributed by atoms with E-state index in [4.69, 9.17) is 21.1 Å². The van der Waals surface area contributed by atoms with Gasteiger partial charge in [0.05, 0.1) is 23.7 Å². The van der Waals surface area contributed by atoms with E-state index in [1.807, 2.05) is 24.3 Å². The summed E-state index contributed by atoms with van der Waals surface area (Å²) in [5, 5.41) is 0.959. The third kappa shape index (κ3) is 4.97. The number of carbonyl (C=O) groups is 1. The van der Waals surface area contributed by atoms with E-state index < -0.39 is 23.8 Å². The quantitative estimate of drug-likeness (QED) is 0.158. The molecule has 3 heterocycles. The Hall–Kier alpha value is -3.89. The zero-order valence-electron chi connectivity index (χ0n) is 20.0. The van der Waals surface area contributed by atoms with Crippen LogP contribution in [0.5, 0.6) is 5.75 Å². The van der Waals surface area contributed by atoms with Gasteiger partial charge in [0.2, 0.25) is 0 Å². The maximum absolute atomic E-state index is 13.6. The van der Waals surface area contributed by atoms with Crippen molar-refractivity contribution in [2.45, 2.75) is 19.2 Å². The third-order valence-corrected chi connectivity index (χ3v) is 7.21. The summed E-state index contributed by atoms with van der Waals surface area (Å²) in [6, 6.07) is 16.1. The van der Waals surface area contributed by atoms with Crippen molar-refractivity contribution in [2.24, 2.45) is 0 Å². The molecule has 3 aromatic heterocycles. The van der Waals surface area contributed by atoms with Gasteiger partial charge in [-0.2, -0.15) is 13.2 Å². The number of fused-ring (bicyclic) bond motifs is 1. The minimum atomic E-state index is -4.55. The monoisotopic (exact) mass is 557 g/mol. The van der Waals surface area contributed by atoms with Gasteiger partial charge in [-0.1, -0.05) is 35.9 Å². The fourth-order valence-electron chi connectivity index (χ4n) is 4.12. The predicted molar refractivity (Wildman–Crippen MR) is 139 cm³/mol. The van der Waals surface area contributed by atoms with Crippen molar-refractivity contribution in [2.75, 3.05) is 7.11 Å². The molecule has 0 saturated carbocycles. The third-order valence-electron chi connectivity index (χ3n) is 5.91. The van der Waals surface area contributed by atoms with E-state index in [0.717, 1.165) is 34.0 Å². The van der Waals surface area contributed by atoms with Crippen LogP contribution in [0.2, 0.25) is 5.15 Å². The molecule has 0 aliphatic carbocycles. The SMILES string of the molecule is COC(=O)c1sc(-n2cnc3cc(-c4ccnc(Cl)c4)ccc32)cc1OC(C)c1ccccc1C(F)(F)F. The van der Waals surface area contributed by atoms with E-state index in [9.17, 15) is 18.0 Å². The van der Waals surface area contributed by atoms with Gasteiger partial charge in [0.1, 0.15) is 28.3 Å². The van der Waals surface area contributed by atoms with Gasteiger partial charge in [-0.15, -0.1) is 11.3 Å². The van der Waals surface area contributed by atoms with Crippen LogP contribution in [0.3, 0.4) is 0 Å². The van der Waals surface area contributed by atoms with Crippen LogP contribution in [-0.2, 0) is 10.9 Å². The lowest BCUT2D eigenvalue weighted by molar-refractivity contribution is -0.139. The summed E-state index contributed by atoms with van der Waals surface area (Å²) < 4.78 is 53.3. The van der Waals surface area contributed by atoms with E-state index in [0.29, 0.717) is 15.7 Å². The summed E-state index contributed by atoms with van der Waals surface area (Å²) in [5.74, 6) is -0.542. The highest BCUT2D eigenvalue weighted by molar-refractivity contribution is 7.16. The van der Waals surface area contributed by atoms with Gasteiger partial charge in [0, 0.05) is 17.8 Å². The highest BCUT2D eigenvalue weighted by atomic mass is 35.5. The number of halogens is 4. The van der Waals surface area contributed by atoms with Crippen molar-refractivity contribution in [3.63, 3.8) is 0 Å². The number of alkyl halides is 3. The first-order chi connectivity index (χ1) is 18.2. The summed E-state index contributed by atoms with van der Waals surface area (Å²) in [4.78, 5) is 21.2. The van der Waals surface area contributed by atoms with Gasteiger partial charge >= 0.3 is 12.1 Å². The maximum Gasteiger partial charge on any atom is 0.416 e. The Morgan fingerprint density at radius 2 is 1.82 bits per heavy atom. The van der Waals surface area contributed by atoms with Crippen LogP contribution < -0.4 is 4.74 Å². The standard InChI is InChI=1S/C27H19ClF3N3O3S/c1-15(18-5-3-4-6-19(18)27(29,30)31)37-22-13-24(38-25(22)26(35)36-2)34-14-33-20-11-16(7-8-21(20)34)17-9-10-32-23(28)12-17/h3-15H,1-2H3. The molecule has 0 spiro atoms. The van der Waals surface area contributed by atoms with E-state index in [-0.39, 0.29) is 16.2 Å². The lowest BCUT2D eigenvalue weighted by Gasteiger charge is -2.19. The molecule has 194 valence electrons. The molecule has 0 aliphatic heterocycles. The molecule has 5 aromatic rings. The van der Waals surface area contributed by atoms with E-state index in [1.54, 1.807) is 29.2 Å². The minimum Gasteiger partial charge on any atom is -0.484 e. The van der Waals surface area contributed by atoms with Crippen LogP contribution >= 0.6 is 22.9 Å². The number of imidazole rings is 1. The van der Waals surface area contributed by atoms with Crippen molar-refractivity contribution in [1.29, 1.82) is 0 Å². The molecule has 2 aromatic carbocycles. The predicted octanol–water partition coefficient (Wildman–Crippen LogP) is 7.75. The number of carbonyl (C=O) groups excluding carboxylic acids is 1. The van der Waals surface area contributed by atoms with Gasteiger partial charge in [0.25, 0.3) is 0 Å². The molecule has 6 nitrogen and oxygen atoms in total. The number of rotatable bonds is 6. The zero-order valence-corrected chi connectivity index (χ0v) is 21.6. The fraction of sp³-hybridized carbons (Fsp3) is 0.148. The van der Waals surface area contributed by atoms with Crippen LogP contribution in [0.4, 0.5) is 13.2 Å². The molecule has 1 atom stereocenters. The Balaban J connectivity index is 1.52. The molecule has 38 heavy (non-hydrogen) atoms. The molecular weight excluding hydrogens is 539 g/mol. The first kappa shape index (κ1) is 25.7. The minimum absolute atomic E-state index is 0.0413. The lowest BCUT2D eigenvalue weighted by atomic mass is 10.0. The molecule has 0 saturated heterocycles. The molecule has 5 rings (SSSR count). The van der Waals surface area contributed by atoms with Crippen LogP contribution in [0.15, 0.2) is 73.2 Å². The second-order valence-corrected chi connectivity index (χ2v) is 9.72. The molecule has 0 radical (unpaired) electrons. The van der Waals surface area contributed by atoms with Crippen molar-refractivity contribution >= 4 is 39.9 Å². The normalized spacial score (nSPS) is 12.5. The second-order valence-electron chi connectivity index (χ2n) is 8.30. The molecule has 0 fully saturated rings. The first-order valence-electron chi connectivity index (χ1n) is 11.3. The Labute approximate surface area is 224 Å². The fourth-order valence-corrected chi connectivity index (χ4v) is 5.28. The van der Waals surface area contributed by atoms with Crippen molar-refractivity contribution in [1.82, 2.24) is 14.5 Å². The lowest BCUT2D eigenvalue weighted by Crippen LogP contribution is -2.14. The van der Waals surface area contributed by atoms with Gasteiger partial charge in [-0.3, -0.25) is 4.57 Å². The molecule has 11 heteroatoms. The number of thiophene rings is 1. The highest BCUT2D eigenvalue weighted by Crippen LogP contribution is 2.40. The molecule has 0 N–H and O–H groups in total. The Morgan fingerprint density at radius 3 is 2.55 bits per heavy atom. The number of methoxy groups -OCH3 is 1. The summed E-state index contributed by atoms with van der Waals surface area (Å²) in [7, 11) is 1.23. The van der Waals surface area contributed by atoms with Crippen LogP contribution in [0.1, 0.15) is 33.8 Å². The second kappa shape index (κ2) is 10.1. The maximum atomic E-state index is 13.6. The topological polar surface area (TPSA) is 66.2 Å². The Bertz CT molecular complexity index is 1650. The van der Waals surface area contributed by atoms with E-state index >= 15 is 0 Å². The van der Waals surface area contributed by atoms with Crippen LogP contribution in [0, 0.1) is 0 Å². The summed E-state index contributed by atoms with van der Waals surface area (Å²) in [6.45, 7) is 1.50. The highest BCUT2D eigenvalue weighted by Gasteiger charge is 2.35. The number of hydrogen-bond donors (Lipinski definition) is 0. The van der Waals surface area contributed by atoms with E-state index in [1.165, 1.54) is 32.2 Å². The number of benzene rings is 2. The summed E-state index contributed by atoms with van der Waals surface area (Å²) in [6.07, 6.45) is -2.31. The van der Waals surface area contributed by atoms with Gasteiger partial charge < -0.3 is 9.47 Å². The van der Waals surface area contributed by atoms with E-state index in [2.05, 4.69) is 9.97 Å². The van der Waals surface area contributed by atoms with Gasteiger partial charge in [-0.25, -0.2) is 14.8 Å². The molecular formula is C27H19ClF3N3O3S. The molecule has 0 amide bonds. The van der Waals surface area contributed by atoms with Crippen molar-refractivity contribution < 1.29 is 27.4 Å². The number of pyridine rings is 1. The van der Waals surface area contributed by atoms with Crippen LogP contribution in [0.25, 0.3) is 27.2 Å². The average molecular weight is 558 g/mol. The smallest absolute Gasteiger partial charge is 0.416 e. The van der Waals surface area contributed by atoms with Crippen molar-refractivity contribution in [3.8, 4) is 21.9 Å². The first-order valence-corrected chi connectivity index (χ1v) is 12.5. The summed E-state index contributed by atoms with van der Waals surface area (Å²) >= 11 is 7.11. The van der Waals surface area contributed by atoms with Gasteiger partial charge in [-0.05, 0) is 48.4 Å². The number of nitrogens with zero attached hydrogens (tertiary/aromatic N) is 3.